The lowest BCUT2D eigenvalue weighted by atomic mass is 10.1. The summed E-state index contributed by atoms with van der Waals surface area (Å²) in [5, 5.41) is 3.00. The second kappa shape index (κ2) is 6.42. The monoisotopic (exact) mass is 292 g/mol. The summed E-state index contributed by atoms with van der Waals surface area (Å²) in [6.07, 6.45) is 4.74. The van der Waals surface area contributed by atoms with E-state index in [0.29, 0.717) is 13.1 Å². The molecular formula is C10H17ClN4O2S. The molecule has 1 unspecified atom stereocenters. The number of nitrogens with zero attached hydrogens (tertiary/aromatic N) is 3. The van der Waals surface area contributed by atoms with E-state index in [4.69, 9.17) is 0 Å². The summed E-state index contributed by atoms with van der Waals surface area (Å²) in [5.41, 5.74) is 0. The van der Waals surface area contributed by atoms with E-state index in [0.717, 1.165) is 12.8 Å². The van der Waals surface area contributed by atoms with E-state index >= 15 is 0 Å². The van der Waals surface area contributed by atoms with Crippen molar-refractivity contribution in [1.82, 2.24) is 19.6 Å². The van der Waals surface area contributed by atoms with E-state index < -0.39 is 10.0 Å². The van der Waals surface area contributed by atoms with Gasteiger partial charge in [0.1, 0.15) is 0 Å². The van der Waals surface area contributed by atoms with Gasteiger partial charge in [-0.3, -0.25) is 0 Å². The van der Waals surface area contributed by atoms with Crippen LogP contribution in [0.5, 0.6) is 0 Å². The van der Waals surface area contributed by atoms with Gasteiger partial charge < -0.3 is 5.32 Å². The van der Waals surface area contributed by atoms with Gasteiger partial charge in [0.05, 0.1) is 0 Å². The first-order valence-corrected chi connectivity index (χ1v) is 7.03. The van der Waals surface area contributed by atoms with Crippen LogP contribution in [-0.2, 0) is 10.0 Å². The Balaban J connectivity index is 0.00000162. The summed E-state index contributed by atoms with van der Waals surface area (Å²) < 4.78 is 25.9. The molecule has 0 radical (unpaired) electrons. The Kier molecular flexibility index (Phi) is 5.46. The van der Waals surface area contributed by atoms with Crippen LogP contribution in [0.15, 0.2) is 23.6 Å². The molecule has 2 heterocycles. The van der Waals surface area contributed by atoms with Gasteiger partial charge >= 0.3 is 0 Å². The lowest BCUT2D eigenvalue weighted by molar-refractivity contribution is 0.291. The Morgan fingerprint density at radius 3 is 2.67 bits per heavy atom. The maximum absolute atomic E-state index is 12.2. The van der Waals surface area contributed by atoms with Crippen molar-refractivity contribution in [2.45, 2.75) is 24.0 Å². The van der Waals surface area contributed by atoms with Crippen LogP contribution < -0.4 is 5.32 Å². The molecule has 1 aromatic rings. The number of likely N-dealkylation sites (N-methyl/N-ethyl adjacent to an activating group) is 1. The highest BCUT2D eigenvalue weighted by Gasteiger charge is 2.31. The molecule has 0 spiro atoms. The van der Waals surface area contributed by atoms with E-state index in [9.17, 15) is 8.42 Å². The molecule has 1 saturated heterocycles. The SMILES string of the molecule is CNC1CCCN(S(=O)(=O)c2ncccn2)C1.Cl. The highest BCUT2D eigenvalue weighted by Crippen LogP contribution is 2.17. The van der Waals surface area contributed by atoms with Crippen molar-refractivity contribution in [1.29, 1.82) is 0 Å². The highest BCUT2D eigenvalue weighted by atomic mass is 35.5. The summed E-state index contributed by atoms with van der Waals surface area (Å²) in [6.45, 7) is 1.02. The number of hydrogen-bond acceptors (Lipinski definition) is 5. The minimum absolute atomic E-state index is 0. The Morgan fingerprint density at radius 1 is 1.39 bits per heavy atom. The maximum atomic E-state index is 12.2. The molecule has 6 nitrogen and oxygen atoms in total. The first kappa shape index (κ1) is 15.3. The average molecular weight is 293 g/mol. The second-order valence-electron chi connectivity index (χ2n) is 4.02. The summed E-state index contributed by atoms with van der Waals surface area (Å²) in [7, 11) is -1.69. The number of nitrogens with one attached hydrogen (secondary N) is 1. The Bertz CT molecular complexity index is 468. The number of rotatable bonds is 3. The van der Waals surface area contributed by atoms with Crippen LogP contribution in [-0.4, -0.2) is 48.9 Å². The fraction of sp³-hybridized carbons (Fsp3) is 0.600. The van der Waals surface area contributed by atoms with Crippen LogP contribution in [0, 0.1) is 0 Å². The van der Waals surface area contributed by atoms with Gasteiger partial charge in [-0.25, -0.2) is 18.4 Å². The molecule has 0 aliphatic carbocycles. The summed E-state index contributed by atoms with van der Waals surface area (Å²) in [5.74, 6) is 0. The van der Waals surface area contributed by atoms with Crippen LogP contribution in [0.4, 0.5) is 0 Å². The summed E-state index contributed by atoms with van der Waals surface area (Å²) >= 11 is 0. The van der Waals surface area contributed by atoms with E-state index in [2.05, 4.69) is 15.3 Å². The van der Waals surface area contributed by atoms with Gasteiger partial charge in [0.15, 0.2) is 0 Å². The predicted molar refractivity (Wildman–Crippen MR) is 70.1 cm³/mol. The Labute approximate surface area is 113 Å². The molecule has 1 N–H and O–H groups in total. The zero-order valence-electron chi connectivity index (χ0n) is 10.1. The fourth-order valence-corrected chi connectivity index (χ4v) is 3.30. The van der Waals surface area contributed by atoms with Crippen molar-refractivity contribution in [3.8, 4) is 0 Å². The second-order valence-corrected chi connectivity index (χ2v) is 5.85. The van der Waals surface area contributed by atoms with E-state index in [1.807, 2.05) is 7.05 Å². The standard InChI is InChI=1S/C10H16N4O2S.ClH/c1-11-9-4-2-7-14(8-9)17(15,16)10-12-5-3-6-13-10;/h3,5-6,9,11H,2,4,7-8H2,1H3;1H. The topological polar surface area (TPSA) is 75.2 Å². The van der Waals surface area contributed by atoms with E-state index in [1.54, 1.807) is 6.07 Å². The van der Waals surface area contributed by atoms with Crippen molar-refractivity contribution in [2.24, 2.45) is 0 Å². The molecule has 0 amide bonds. The third kappa shape index (κ3) is 3.17. The molecule has 2 rings (SSSR count). The molecule has 0 saturated carbocycles. The van der Waals surface area contributed by atoms with Crippen LogP contribution in [0.25, 0.3) is 0 Å². The summed E-state index contributed by atoms with van der Waals surface area (Å²) in [4.78, 5) is 7.63. The Morgan fingerprint density at radius 2 is 2.06 bits per heavy atom. The molecule has 0 aromatic carbocycles. The molecule has 0 bridgehead atoms. The molecular weight excluding hydrogens is 276 g/mol. The molecule has 1 aliphatic rings. The van der Waals surface area contributed by atoms with Crippen molar-refractivity contribution < 1.29 is 8.42 Å². The van der Waals surface area contributed by atoms with Crippen molar-refractivity contribution in [3.05, 3.63) is 18.5 Å². The van der Waals surface area contributed by atoms with Gasteiger partial charge in [-0.15, -0.1) is 12.4 Å². The van der Waals surface area contributed by atoms with E-state index in [1.165, 1.54) is 16.7 Å². The van der Waals surface area contributed by atoms with E-state index in [-0.39, 0.29) is 23.6 Å². The average Bonchev–Trinajstić information content (AvgIpc) is 2.40. The van der Waals surface area contributed by atoms with Gasteiger partial charge in [0, 0.05) is 31.5 Å². The lowest BCUT2D eigenvalue weighted by Gasteiger charge is -2.30. The first-order chi connectivity index (χ1) is 8.14. The van der Waals surface area contributed by atoms with Gasteiger partial charge in [0.2, 0.25) is 0 Å². The summed E-state index contributed by atoms with van der Waals surface area (Å²) in [6, 6.07) is 1.81. The quantitative estimate of drug-likeness (QED) is 0.810. The maximum Gasteiger partial charge on any atom is 0.278 e. The first-order valence-electron chi connectivity index (χ1n) is 5.59. The number of sulfonamides is 1. The van der Waals surface area contributed by atoms with Gasteiger partial charge in [-0.05, 0) is 26.0 Å². The van der Waals surface area contributed by atoms with Crippen LogP contribution >= 0.6 is 12.4 Å². The van der Waals surface area contributed by atoms with Crippen LogP contribution in [0.2, 0.25) is 0 Å². The van der Waals surface area contributed by atoms with Crippen LogP contribution in [0.3, 0.4) is 0 Å². The molecule has 102 valence electrons. The highest BCUT2D eigenvalue weighted by molar-refractivity contribution is 7.88. The zero-order chi connectivity index (χ0) is 12.3. The molecule has 18 heavy (non-hydrogen) atoms. The number of hydrogen-bond donors (Lipinski definition) is 1. The normalized spacial score (nSPS) is 21.3. The molecule has 1 aromatic heterocycles. The molecule has 8 heteroatoms. The van der Waals surface area contributed by atoms with Crippen molar-refractivity contribution in [2.75, 3.05) is 20.1 Å². The van der Waals surface area contributed by atoms with Crippen LogP contribution in [0.1, 0.15) is 12.8 Å². The lowest BCUT2D eigenvalue weighted by Crippen LogP contribution is -2.47. The largest absolute Gasteiger partial charge is 0.316 e. The fourth-order valence-electron chi connectivity index (χ4n) is 1.93. The molecule has 1 fully saturated rings. The minimum Gasteiger partial charge on any atom is -0.316 e. The number of aromatic nitrogens is 2. The number of piperidine rings is 1. The molecule has 1 atom stereocenters. The molecule has 1 aliphatic heterocycles. The van der Waals surface area contributed by atoms with Gasteiger partial charge in [-0.2, -0.15) is 4.31 Å². The van der Waals surface area contributed by atoms with Crippen molar-refractivity contribution >= 4 is 22.4 Å². The third-order valence-electron chi connectivity index (χ3n) is 2.91. The van der Waals surface area contributed by atoms with Gasteiger partial charge in [0.25, 0.3) is 15.2 Å². The third-order valence-corrected chi connectivity index (χ3v) is 4.59. The zero-order valence-corrected chi connectivity index (χ0v) is 11.7. The Hall–Kier alpha value is -0.760. The smallest absolute Gasteiger partial charge is 0.278 e. The minimum atomic E-state index is -3.53. The predicted octanol–water partition coefficient (Wildman–Crippen LogP) is 0.271. The number of halogens is 1. The van der Waals surface area contributed by atoms with Gasteiger partial charge in [-0.1, -0.05) is 0 Å². The van der Waals surface area contributed by atoms with Crippen molar-refractivity contribution in [3.63, 3.8) is 0 Å².